The largest absolute Gasteiger partial charge is 0.368 e. The highest BCUT2D eigenvalue weighted by molar-refractivity contribution is 5.86. The Hall–Kier alpha value is -1.04. The Morgan fingerprint density at radius 1 is 1.64 bits per heavy atom. The summed E-state index contributed by atoms with van der Waals surface area (Å²) in [6.45, 7) is 6.11. The Bertz CT molecular complexity index is 212. The van der Waals surface area contributed by atoms with E-state index in [0.29, 0.717) is 5.92 Å². The van der Waals surface area contributed by atoms with E-state index in [4.69, 9.17) is 5.26 Å². The molecule has 3 heteroatoms. The number of aliphatic imine (C=N–C) groups is 1. The smallest absolute Gasteiger partial charge is 0.158 e. The molecule has 60 valence electrons. The zero-order valence-corrected chi connectivity index (χ0v) is 7.13. The van der Waals surface area contributed by atoms with Crippen LogP contribution in [0.1, 0.15) is 20.8 Å². The fourth-order valence-electron chi connectivity index (χ4n) is 1.07. The SMILES string of the molecule is CC(C)C1=NC(C#N)C(C)N1. The van der Waals surface area contributed by atoms with Crippen LogP contribution in [0.2, 0.25) is 0 Å². The quantitative estimate of drug-likeness (QED) is 0.606. The molecule has 0 aromatic carbocycles. The van der Waals surface area contributed by atoms with Gasteiger partial charge in [0.05, 0.1) is 12.1 Å². The van der Waals surface area contributed by atoms with Crippen molar-refractivity contribution in [3.05, 3.63) is 0 Å². The highest BCUT2D eigenvalue weighted by atomic mass is 15.1. The predicted molar refractivity (Wildman–Crippen MR) is 44.3 cm³/mol. The second-order valence-corrected chi connectivity index (χ2v) is 3.18. The van der Waals surface area contributed by atoms with Crippen LogP contribution in [0, 0.1) is 17.2 Å². The molecule has 0 aliphatic carbocycles. The molecule has 1 heterocycles. The van der Waals surface area contributed by atoms with Gasteiger partial charge in [0.15, 0.2) is 6.04 Å². The molecule has 11 heavy (non-hydrogen) atoms. The first-order chi connectivity index (χ1) is 5.15. The molecule has 1 aliphatic heterocycles. The van der Waals surface area contributed by atoms with Gasteiger partial charge in [-0.1, -0.05) is 13.8 Å². The van der Waals surface area contributed by atoms with E-state index in [2.05, 4.69) is 30.2 Å². The van der Waals surface area contributed by atoms with Gasteiger partial charge in [0, 0.05) is 5.92 Å². The zero-order chi connectivity index (χ0) is 8.43. The molecule has 0 spiro atoms. The second-order valence-electron chi connectivity index (χ2n) is 3.18. The van der Waals surface area contributed by atoms with Crippen LogP contribution >= 0.6 is 0 Å². The molecule has 0 amide bonds. The summed E-state index contributed by atoms with van der Waals surface area (Å²) in [4.78, 5) is 4.23. The van der Waals surface area contributed by atoms with Crippen molar-refractivity contribution < 1.29 is 0 Å². The fourth-order valence-corrected chi connectivity index (χ4v) is 1.07. The lowest BCUT2D eigenvalue weighted by molar-refractivity contribution is 0.644. The van der Waals surface area contributed by atoms with Gasteiger partial charge >= 0.3 is 0 Å². The monoisotopic (exact) mass is 151 g/mol. The van der Waals surface area contributed by atoms with Gasteiger partial charge in [-0.25, -0.2) is 0 Å². The highest BCUT2D eigenvalue weighted by Gasteiger charge is 2.25. The van der Waals surface area contributed by atoms with Crippen LogP contribution in [0.15, 0.2) is 4.99 Å². The minimum atomic E-state index is -0.188. The summed E-state index contributed by atoms with van der Waals surface area (Å²) in [6.07, 6.45) is 0. The van der Waals surface area contributed by atoms with E-state index in [-0.39, 0.29) is 12.1 Å². The molecule has 1 rings (SSSR count). The van der Waals surface area contributed by atoms with Crippen molar-refractivity contribution >= 4 is 5.84 Å². The third-order valence-corrected chi connectivity index (χ3v) is 1.81. The van der Waals surface area contributed by atoms with E-state index < -0.39 is 0 Å². The van der Waals surface area contributed by atoms with Gasteiger partial charge in [-0.05, 0) is 6.92 Å². The maximum atomic E-state index is 8.64. The minimum Gasteiger partial charge on any atom is -0.368 e. The van der Waals surface area contributed by atoms with Crippen molar-refractivity contribution in [2.45, 2.75) is 32.9 Å². The standard InChI is InChI=1S/C8H13N3/c1-5(2)8-10-6(3)7(4-9)11-8/h5-7H,1-3H3,(H,10,11). The molecule has 3 nitrogen and oxygen atoms in total. The molecule has 1 N–H and O–H groups in total. The van der Waals surface area contributed by atoms with Gasteiger partial charge in [0.2, 0.25) is 0 Å². The van der Waals surface area contributed by atoms with Crippen molar-refractivity contribution in [2.75, 3.05) is 0 Å². The lowest BCUT2D eigenvalue weighted by Crippen LogP contribution is -2.33. The van der Waals surface area contributed by atoms with Crippen molar-refractivity contribution in [3.63, 3.8) is 0 Å². The molecular formula is C8H13N3. The van der Waals surface area contributed by atoms with Crippen LogP contribution in [0.3, 0.4) is 0 Å². The van der Waals surface area contributed by atoms with E-state index >= 15 is 0 Å². The van der Waals surface area contributed by atoms with Crippen LogP contribution in [0.25, 0.3) is 0 Å². The maximum Gasteiger partial charge on any atom is 0.158 e. The molecular weight excluding hydrogens is 138 g/mol. The first-order valence-electron chi connectivity index (χ1n) is 3.89. The molecule has 0 aromatic rings. The fraction of sp³-hybridized carbons (Fsp3) is 0.750. The van der Waals surface area contributed by atoms with Crippen molar-refractivity contribution in [1.82, 2.24) is 5.32 Å². The van der Waals surface area contributed by atoms with E-state index in [1.165, 1.54) is 0 Å². The van der Waals surface area contributed by atoms with Crippen molar-refractivity contribution in [1.29, 1.82) is 5.26 Å². The van der Waals surface area contributed by atoms with Crippen LogP contribution in [0.4, 0.5) is 0 Å². The Labute approximate surface area is 67.1 Å². The summed E-state index contributed by atoms with van der Waals surface area (Å²) >= 11 is 0. The van der Waals surface area contributed by atoms with Gasteiger partial charge in [-0.2, -0.15) is 5.26 Å². The molecule has 0 aromatic heterocycles. The summed E-state index contributed by atoms with van der Waals surface area (Å²) in [5.41, 5.74) is 0. The van der Waals surface area contributed by atoms with Gasteiger partial charge in [-0.3, -0.25) is 4.99 Å². The van der Waals surface area contributed by atoms with Gasteiger partial charge in [0.1, 0.15) is 5.84 Å². The molecule has 1 aliphatic rings. The number of hydrogen-bond donors (Lipinski definition) is 1. The molecule has 0 saturated carbocycles. The number of nitrogens with zero attached hydrogens (tertiary/aromatic N) is 2. The molecule has 2 unspecified atom stereocenters. The summed E-state index contributed by atoms with van der Waals surface area (Å²) in [5, 5.41) is 11.8. The normalized spacial score (nSPS) is 29.5. The Balaban J connectivity index is 2.69. The summed E-state index contributed by atoms with van der Waals surface area (Å²) in [7, 11) is 0. The molecule has 0 radical (unpaired) electrons. The third kappa shape index (κ3) is 1.51. The molecule has 0 bridgehead atoms. The summed E-state index contributed by atoms with van der Waals surface area (Å²) < 4.78 is 0. The summed E-state index contributed by atoms with van der Waals surface area (Å²) in [5.74, 6) is 1.36. The number of nitriles is 1. The lowest BCUT2D eigenvalue weighted by Gasteiger charge is -2.08. The van der Waals surface area contributed by atoms with Crippen LogP contribution in [-0.2, 0) is 0 Å². The average molecular weight is 151 g/mol. The van der Waals surface area contributed by atoms with Crippen molar-refractivity contribution in [2.24, 2.45) is 10.9 Å². The number of amidine groups is 1. The number of hydrogen-bond acceptors (Lipinski definition) is 3. The van der Waals surface area contributed by atoms with Crippen LogP contribution in [0.5, 0.6) is 0 Å². The predicted octanol–water partition coefficient (Wildman–Crippen LogP) is 0.925. The van der Waals surface area contributed by atoms with E-state index in [9.17, 15) is 0 Å². The Morgan fingerprint density at radius 2 is 2.27 bits per heavy atom. The second kappa shape index (κ2) is 2.91. The first kappa shape index (κ1) is 8.06. The molecule has 0 saturated heterocycles. The van der Waals surface area contributed by atoms with Crippen LogP contribution < -0.4 is 5.32 Å². The topological polar surface area (TPSA) is 48.2 Å². The van der Waals surface area contributed by atoms with Crippen LogP contribution in [-0.4, -0.2) is 17.9 Å². The first-order valence-corrected chi connectivity index (χ1v) is 3.89. The van der Waals surface area contributed by atoms with E-state index in [0.717, 1.165) is 5.84 Å². The molecule has 2 atom stereocenters. The zero-order valence-electron chi connectivity index (χ0n) is 7.13. The van der Waals surface area contributed by atoms with E-state index in [1.807, 2.05) is 6.92 Å². The van der Waals surface area contributed by atoms with Crippen molar-refractivity contribution in [3.8, 4) is 6.07 Å². The third-order valence-electron chi connectivity index (χ3n) is 1.81. The Morgan fingerprint density at radius 3 is 2.55 bits per heavy atom. The van der Waals surface area contributed by atoms with Gasteiger partial charge < -0.3 is 5.32 Å². The number of rotatable bonds is 1. The van der Waals surface area contributed by atoms with E-state index in [1.54, 1.807) is 0 Å². The van der Waals surface area contributed by atoms with Gasteiger partial charge in [0.25, 0.3) is 0 Å². The minimum absolute atomic E-state index is 0.178. The number of nitrogens with one attached hydrogen (secondary N) is 1. The molecule has 0 fully saturated rings. The lowest BCUT2D eigenvalue weighted by atomic mass is 10.2. The summed E-state index contributed by atoms with van der Waals surface area (Å²) in [6, 6.07) is 2.14. The average Bonchev–Trinajstić information content (AvgIpc) is 2.31. The Kier molecular flexibility index (Phi) is 2.13. The van der Waals surface area contributed by atoms with Gasteiger partial charge in [-0.15, -0.1) is 0 Å². The maximum absolute atomic E-state index is 8.64. The highest BCUT2D eigenvalue weighted by Crippen LogP contribution is 2.09.